The maximum absolute atomic E-state index is 12.1. The Morgan fingerprint density at radius 2 is 2.18 bits per heavy atom. The zero-order valence-electron chi connectivity index (χ0n) is 12.2. The zero-order chi connectivity index (χ0) is 15.4. The van der Waals surface area contributed by atoms with Crippen LogP contribution < -0.4 is 4.90 Å². The largest absolute Gasteiger partial charge is 0.461 e. The van der Waals surface area contributed by atoms with E-state index in [0.29, 0.717) is 18.2 Å². The first-order chi connectivity index (χ1) is 10.8. The van der Waals surface area contributed by atoms with Crippen molar-refractivity contribution < 1.29 is 9.53 Å². The highest BCUT2D eigenvalue weighted by molar-refractivity contribution is 7.99. The van der Waals surface area contributed by atoms with E-state index < -0.39 is 5.97 Å². The minimum absolute atomic E-state index is 0.203. The Morgan fingerprint density at radius 3 is 2.86 bits per heavy atom. The van der Waals surface area contributed by atoms with Crippen molar-refractivity contribution in [1.82, 2.24) is 15.2 Å². The maximum Gasteiger partial charge on any atom is 0.362 e. The molecule has 1 aliphatic heterocycles. The summed E-state index contributed by atoms with van der Waals surface area (Å²) in [5, 5.41) is 10.2. The van der Waals surface area contributed by atoms with Crippen LogP contribution in [0.15, 0.2) is 17.5 Å². The molecular weight excluding hydrogens is 320 g/mol. The normalized spacial score (nSPS) is 14.9. The fourth-order valence-corrected chi connectivity index (χ4v) is 3.71. The molecule has 1 saturated heterocycles. The van der Waals surface area contributed by atoms with Gasteiger partial charge in [0, 0.05) is 24.6 Å². The lowest BCUT2D eigenvalue weighted by Gasteiger charge is -2.28. The lowest BCUT2D eigenvalue weighted by atomic mass is 10.3. The summed E-state index contributed by atoms with van der Waals surface area (Å²) in [6, 6.07) is 3.89. The molecule has 0 N–H and O–H groups in total. The van der Waals surface area contributed by atoms with Crippen LogP contribution in [-0.2, 0) is 4.74 Å². The third-order valence-corrected chi connectivity index (χ3v) is 5.00. The number of hydrogen-bond donors (Lipinski definition) is 0. The first kappa shape index (κ1) is 15.2. The molecule has 116 valence electrons. The van der Waals surface area contributed by atoms with Gasteiger partial charge in [-0.2, -0.15) is 11.8 Å². The molecule has 3 heterocycles. The molecule has 0 bridgehead atoms. The van der Waals surface area contributed by atoms with Crippen molar-refractivity contribution in [3.05, 3.63) is 23.2 Å². The summed E-state index contributed by atoms with van der Waals surface area (Å²) < 4.78 is 5.08. The fraction of sp³-hybridized carbons (Fsp3) is 0.429. The SMILES string of the molecule is CCOC(=O)c1nnc(-c2cccs2)nc1N1CCSCC1. The summed E-state index contributed by atoms with van der Waals surface area (Å²) >= 11 is 3.45. The number of carbonyl (C=O) groups is 1. The molecule has 0 atom stereocenters. The Balaban J connectivity index is 2.00. The van der Waals surface area contributed by atoms with Gasteiger partial charge in [-0.1, -0.05) is 6.07 Å². The highest BCUT2D eigenvalue weighted by Gasteiger charge is 2.24. The summed E-state index contributed by atoms with van der Waals surface area (Å²) in [4.78, 5) is 19.7. The van der Waals surface area contributed by atoms with Gasteiger partial charge in [-0.25, -0.2) is 9.78 Å². The molecular formula is C14H16N4O2S2. The number of ether oxygens (including phenoxy) is 1. The van der Waals surface area contributed by atoms with Gasteiger partial charge in [0.2, 0.25) is 5.69 Å². The third kappa shape index (κ3) is 3.22. The molecule has 0 aliphatic carbocycles. The molecule has 8 heteroatoms. The van der Waals surface area contributed by atoms with Gasteiger partial charge in [-0.05, 0) is 18.4 Å². The van der Waals surface area contributed by atoms with Crippen molar-refractivity contribution in [1.29, 1.82) is 0 Å². The lowest BCUT2D eigenvalue weighted by molar-refractivity contribution is 0.0518. The Labute approximate surface area is 136 Å². The Morgan fingerprint density at radius 1 is 1.36 bits per heavy atom. The number of esters is 1. The van der Waals surface area contributed by atoms with E-state index in [-0.39, 0.29) is 5.69 Å². The fourth-order valence-electron chi connectivity index (χ4n) is 2.16. The van der Waals surface area contributed by atoms with E-state index in [1.807, 2.05) is 29.3 Å². The highest BCUT2D eigenvalue weighted by atomic mass is 32.2. The number of rotatable bonds is 4. The van der Waals surface area contributed by atoms with E-state index in [2.05, 4.69) is 20.1 Å². The van der Waals surface area contributed by atoms with Crippen molar-refractivity contribution in [2.45, 2.75) is 6.92 Å². The number of thioether (sulfide) groups is 1. The average molecular weight is 336 g/mol. The van der Waals surface area contributed by atoms with Crippen LogP contribution in [-0.4, -0.2) is 52.4 Å². The standard InChI is InChI=1S/C14H16N4O2S2/c1-2-20-14(19)11-13(18-5-8-21-9-6-18)15-12(17-16-11)10-4-3-7-22-10/h3-4,7H,2,5-6,8-9H2,1H3. The minimum Gasteiger partial charge on any atom is -0.461 e. The maximum atomic E-state index is 12.1. The van der Waals surface area contributed by atoms with E-state index >= 15 is 0 Å². The van der Waals surface area contributed by atoms with Crippen LogP contribution in [0.2, 0.25) is 0 Å². The van der Waals surface area contributed by atoms with Gasteiger partial charge in [0.15, 0.2) is 11.6 Å². The van der Waals surface area contributed by atoms with Crippen LogP contribution in [0.5, 0.6) is 0 Å². The molecule has 2 aromatic rings. The van der Waals surface area contributed by atoms with Crippen LogP contribution in [0.25, 0.3) is 10.7 Å². The summed E-state index contributed by atoms with van der Waals surface area (Å²) in [7, 11) is 0. The summed E-state index contributed by atoms with van der Waals surface area (Å²) in [6.07, 6.45) is 0. The van der Waals surface area contributed by atoms with E-state index in [1.165, 1.54) is 0 Å². The minimum atomic E-state index is -0.464. The van der Waals surface area contributed by atoms with E-state index in [1.54, 1.807) is 18.3 Å². The quantitative estimate of drug-likeness (QED) is 0.794. The second kappa shape index (κ2) is 7.06. The average Bonchev–Trinajstić information content (AvgIpc) is 3.10. The molecule has 3 rings (SSSR count). The number of anilines is 1. The summed E-state index contributed by atoms with van der Waals surface area (Å²) in [5.41, 5.74) is 0.203. The summed E-state index contributed by atoms with van der Waals surface area (Å²) in [6.45, 7) is 3.78. The number of carbonyl (C=O) groups excluding carboxylic acids is 1. The van der Waals surface area contributed by atoms with Crippen molar-refractivity contribution in [3.8, 4) is 10.7 Å². The molecule has 0 unspecified atom stereocenters. The van der Waals surface area contributed by atoms with Crippen molar-refractivity contribution >= 4 is 34.9 Å². The molecule has 0 spiro atoms. The van der Waals surface area contributed by atoms with Gasteiger partial charge in [-0.15, -0.1) is 21.5 Å². The molecule has 0 radical (unpaired) electrons. The van der Waals surface area contributed by atoms with Gasteiger partial charge in [0.05, 0.1) is 11.5 Å². The molecule has 6 nitrogen and oxygen atoms in total. The predicted molar refractivity (Wildman–Crippen MR) is 88.6 cm³/mol. The second-order valence-electron chi connectivity index (χ2n) is 4.60. The lowest BCUT2D eigenvalue weighted by Crippen LogP contribution is -2.35. The van der Waals surface area contributed by atoms with E-state index in [9.17, 15) is 4.79 Å². The van der Waals surface area contributed by atoms with Crippen molar-refractivity contribution in [2.24, 2.45) is 0 Å². The predicted octanol–water partition coefficient (Wildman–Crippen LogP) is 2.33. The number of aromatic nitrogens is 3. The van der Waals surface area contributed by atoms with Gasteiger partial charge in [-0.3, -0.25) is 0 Å². The number of hydrogen-bond acceptors (Lipinski definition) is 8. The van der Waals surface area contributed by atoms with Crippen molar-refractivity contribution in [2.75, 3.05) is 36.1 Å². The third-order valence-electron chi connectivity index (χ3n) is 3.19. The molecule has 0 amide bonds. The Kier molecular flexibility index (Phi) is 4.89. The molecule has 22 heavy (non-hydrogen) atoms. The summed E-state index contributed by atoms with van der Waals surface area (Å²) in [5.74, 6) is 2.70. The highest BCUT2D eigenvalue weighted by Crippen LogP contribution is 2.26. The molecule has 0 saturated carbocycles. The molecule has 0 aromatic carbocycles. The van der Waals surface area contributed by atoms with Crippen LogP contribution in [0.1, 0.15) is 17.4 Å². The second-order valence-corrected chi connectivity index (χ2v) is 6.78. The van der Waals surface area contributed by atoms with Crippen LogP contribution in [0, 0.1) is 0 Å². The number of thiophene rings is 1. The number of nitrogens with zero attached hydrogens (tertiary/aromatic N) is 4. The van der Waals surface area contributed by atoms with Gasteiger partial charge < -0.3 is 9.64 Å². The van der Waals surface area contributed by atoms with Gasteiger partial charge in [0.1, 0.15) is 0 Å². The van der Waals surface area contributed by atoms with Crippen molar-refractivity contribution in [3.63, 3.8) is 0 Å². The van der Waals surface area contributed by atoms with Crippen LogP contribution in [0.3, 0.4) is 0 Å². The molecule has 1 fully saturated rings. The molecule has 1 aliphatic rings. The smallest absolute Gasteiger partial charge is 0.362 e. The topological polar surface area (TPSA) is 68.2 Å². The Bertz CT molecular complexity index is 642. The van der Waals surface area contributed by atoms with Crippen LogP contribution in [0.4, 0.5) is 5.82 Å². The monoisotopic (exact) mass is 336 g/mol. The zero-order valence-corrected chi connectivity index (χ0v) is 13.8. The Hall–Kier alpha value is -1.67. The first-order valence-electron chi connectivity index (χ1n) is 7.08. The molecule has 2 aromatic heterocycles. The van der Waals surface area contributed by atoms with E-state index in [4.69, 9.17) is 4.74 Å². The van der Waals surface area contributed by atoms with Gasteiger partial charge in [0.25, 0.3) is 0 Å². The van der Waals surface area contributed by atoms with Gasteiger partial charge >= 0.3 is 5.97 Å². The van der Waals surface area contributed by atoms with Crippen LogP contribution >= 0.6 is 23.1 Å². The van der Waals surface area contributed by atoms with E-state index in [0.717, 1.165) is 29.5 Å². The first-order valence-corrected chi connectivity index (χ1v) is 9.11.